The van der Waals surface area contributed by atoms with E-state index in [1.165, 1.54) is 0 Å². The molecule has 34 heavy (non-hydrogen) atoms. The lowest BCUT2D eigenvalue weighted by Gasteiger charge is -2.35. The highest BCUT2D eigenvalue weighted by molar-refractivity contribution is 5.69. The molecule has 2 rings (SSSR count). The van der Waals surface area contributed by atoms with Gasteiger partial charge in [0.1, 0.15) is 18.3 Å². The molecule has 0 aromatic carbocycles. The zero-order valence-electron chi connectivity index (χ0n) is 22.1. The van der Waals surface area contributed by atoms with Gasteiger partial charge in [0.2, 0.25) is 0 Å². The van der Waals surface area contributed by atoms with Crippen molar-refractivity contribution >= 4 is 12.1 Å². The fourth-order valence-electron chi connectivity index (χ4n) is 4.84. The zero-order chi connectivity index (χ0) is 25.1. The van der Waals surface area contributed by atoms with Crippen LogP contribution in [0, 0.1) is 23.7 Å². The monoisotopic (exact) mass is 474 g/mol. The van der Waals surface area contributed by atoms with Crippen LogP contribution < -0.4 is 0 Å². The summed E-state index contributed by atoms with van der Waals surface area (Å²) >= 11 is 0. The summed E-state index contributed by atoms with van der Waals surface area (Å²) in [7, 11) is 0. The zero-order valence-corrected chi connectivity index (χ0v) is 22.1. The number of allylic oxidation sites excluding steroid dienone is 4. The molecule has 192 valence electrons. The lowest BCUT2D eigenvalue weighted by Crippen LogP contribution is -2.42. The molecule has 0 aromatic rings. The maximum atomic E-state index is 12.4. The van der Waals surface area contributed by atoms with Crippen LogP contribution >= 0.6 is 0 Å². The van der Waals surface area contributed by atoms with Crippen molar-refractivity contribution in [3.05, 3.63) is 36.0 Å². The van der Waals surface area contributed by atoms with E-state index in [0.717, 1.165) is 50.5 Å². The van der Waals surface area contributed by atoms with Gasteiger partial charge in [0.15, 0.2) is 0 Å². The van der Waals surface area contributed by atoms with Crippen LogP contribution in [-0.4, -0.2) is 30.4 Å². The van der Waals surface area contributed by atoms with E-state index < -0.39 is 6.16 Å². The number of carbonyl (C=O) groups excluding carboxylic acids is 2. The minimum Gasteiger partial charge on any atom is -0.457 e. The van der Waals surface area contributed by atoms with Crippen LogP contribution in [0.2, 0.25) is 0 Å². The fourth-order valence-corrected chi connectivity index (χ4v) is 4.84. The normalized spacial score (nSPS) is 33.8. The van der Waals surface area contributed by atoms with Gasteiger partial charge >= 0.3 is 12.1 Å². The molecule has 0 bridgehead atoms. The van der Waals surface area contributed by atoms with E-state index in [2.05, 4.69) is 58.1 Å². The van der Waals surface area contributed by atoms with Crippen LogP contribution in [0.1, 0.15) is 92.9 Å². The molecule has 7 unspecified atom stereocenters. The average Bonchev–Trinajstić information content (AvgIpc) is 2.79. The summed E-state index contributed by atoms with van der Waals surface area (Å²) in [6.45, 7) is 12.7. The van der Waals surface area contributed by atoms with Crippen LogP contribution in [0.25, 0.3) is 0 Å². The summed E-state index contributed by atoms with van der Waals surface area (Å²) in [5.74, 6) is 1.23. The van der Waals surface area contributed by atoms with Crippen molar-refractivity contribution in [1.82, 2.24) is 0 Å². The molecule has 2 heterocycles. The first-order valence-electron chi connectivity index (χ1n) is 13.3. The van der Waals surface area contributed by atoms with Crippen LogP contribution in [0.15, 0.2) is 36.0 Å². The van der Waals surface area contributed by atoms with Crippen molar-refractivity contribution in [3.8, 4) is 0 Å². The van der Waals surface area contributed by atoms with Gasteiger partial charge in [-0.05, 0) is 56.4 Å². The van der Waals surface area contributed by atoms with Gasteiger partial charge in [0, 0.05) is 18.3 Å². The molecule has 0 spiro atoms. The van der Waals surface area contributed by atoms with Crippen molar-refractivity contribution in [2.75, 3.05) is 0 Å². The van der Waals surface area contributed by atoms with E-state index in [1.54, 1.807) is 0 Å². The van der Waals surface area contributed by atoms with E-state index in [4.69, 9.17) is 14.2 Å². The van der Waals surface area contributed by atoms with Gasteiger partial charge in [-0.2, -0.15) is 0 Å². The Kier molecular flexibility index (Phi) is 11.9. The third kappa shape index (κ3) is 9.31. The lowest BCUT2D eigenvalue weighted by molar-refractivity contribution is -0.148. The Balaban J connectivity index is 1.95. The molecular formula is C29H46O5. The highest BCUT2D eigenvalue weighted by Gasteiger charge is 2.35. The van der Waals surface area contributed by atoms with Crippen LogP contribution in [-0.2, 0) is 19.0 Å². The van der Waals surface area contributed by atoms with E-state index in [1.807, 2.05) is 13.8 Å². The Morgan fingerprint density at radius 1 is 1.12 bits per heavy atom. The first kappa shape index (κ1) is 28.2. The van der Waals surface area contributed by atoms with Crippen molar-refractivity contribution in [2.24, 2.45) is 23.7 Å². The summed E-state index contributed by atoms with van der Waals surface area (Å²) in [6, 6.07) is 0. The molecule has 1 fully saturated rings. The Morgan fingerprint density at radius 2 is 1.85 bits per heavy atom. The first-order valence-corrected chi connectivity index (χ1v) is 13.3. The number of hydrogen-bond donors (Lipinski definition) is 0. The topological polar surface area (TPSA) is 61.8 Å². The number of cyclic esters (lactones) is 3. The maximum absolute atomic E-state index is 12.4. The summed E-state index contributed by atoms with van der Waals surface area (Å²) in [5.41, 5.74) is 1.05. The molecule has 0 aliphatic carbocycles. The summed E-state index contributed by atoms with van der Waals surface area (Å²) < 4.78 is 16.6. The number of ether oxygens (including phenoxy) is 3. The maximum Gasteiger partial charge on any atom is 0.508 e. The summed E-state index contributed by atoms with van der Waals surface area (Å²) in [6.07, 6.45) is 17.1. The Bertz CT molecular complexity index is 737. The minimum absolute atomic E-state index is 0.0596. The van der Waals surface area contributed by atoms with Gasteiger partial charge in [0.25, 0.3) is 0 Å². The van der Waals surface area contributed by atoms with Crippen LogP contribution in [0.4, 0.5) is 4.79 Å². The number of rotatable bonds is 7. The van der Waals surface area contributed by atoms with Crippen molar-refractivity contribution in [2.45, 2.75) is 111 Å². The molecule has 0 N–H and O–H groups in total. The Morgan fingerprint density at radius 3 is 2.59 bits per heavy atom. The van der Waals surface area contributed by atoms with E-state index in [0.29, 0.717) is 18.3 Å². The molecule has 7 atom stereocenters. The molecule has 5 heteroatoms. The number of esters is 1. The first-order chi connectivity index (χ1) is 16.2. The van der Waals surface area contributed by atoms with Crippen molar-refractivity contribution < 1.29 is 23.8 Å². The Hall–Kier alpha value is -2.04. The quantitative estimate of drug-likeness (QED) is 0.216. The van der Waals surface area contributed by atoms with Gasteiger partial charge in [-0.3, -0.25) is 4.79 Å². The second kappa shape index (κ2) is 14.4. The molecule has 2 aliphatic rings. The van der Waals surface area contributed by atoms with Gasteiger partial charge in [0.05, 0.1) is 0 Å². The van der Waals surface area contributed by atoms with Gasteiger partial charge in [-0.15, -0.1) is 0 Å². The number of hydrogen-bond acceptors (Lipinski definition) is 5. The van der Waals surface area contributed by atoms with E-state index in [9.17, 15) is 9.59 Å². The molecule has 2 aliphatic heterocycles. The highest BCUT2D eigenvalue weighted by atomic mass is 16.7. The Labute approximate surface area is 207 Å². The van der Waals surface area contributed by atoms with Crippen molar-refractivity contribution in [1.29, 1.82) is 0 Å². The van der Waals surface area contributed by atoms with Gasteiger partial charge in [-0.25, -0.2) is 4.79 Å². The summed E-state index contributed by atoms with van der Waals surface area (Å²) in [5, 5.41) is 0. The van der Waals surface area contributed by atoms with Gasteiger partial charge in [-0.1, -0.05) is 77.8 Å². The predicted octanol–water partition coefficient (Wildman–Crippen LogP) is 7.56. The van der Waals surface area contributed by atoms with Crippen LogP contribution in [0.5, 0.6) is 0 Å². The fraction of sp³-hybridized carbons (Fsp3) is 0.724. The molecule has 0 amide bonds. The predicted molar refractivity (Wildman–Crippen MR) is 136 cm³/mol. The molecule has 0 radical (unpaired) electrons. The third-order valence-electron chi connectivity index (χ3n) is 7.27. The largest absolute Gasteiger partial charge is 0.508 e. The molecular weight excluding hydrogens is 428 g/mol. The standard InChI is InChI=1S/C29H46O5/c1-7-25-24(6)26(33-29(31)32-25)19-18-21(3)14-11-16-23(5)28-22(4)15-10-13-20(2)12-8-9-17-27(30)34-28/h10-11,14-16,20-22,24-26,28H,7-9,12-13,17-19H2,1-6H3/b14-11?,15-10+,23-16?. The van der Waals surface area contributed by atoms with Gasteiger partial charge < -0.3 is 14.2 Å². The molecule has 0 saturated carbocycles. The molecule has 1 saturated heterocycles. The average molecular weight is 475 g/mol. The van der Waals surface area contributed by atoms with Crippen molar-refractivity contribution in [3.63, 3.8) is 0 Å². The second-order valence-electron chi connectivity index (χ2n) is 10.5. The summed E-state index contributed by atoms with van der Waals surface area (Å²) in [4.78, 5) is 24.1. The lowest BCUT2D eigenvalue weighted by atomic mass is 9.90. The van der Waals surface area contributed by atoms with Crippen LogP contribution in [0.3, 0.4) is 0 Å². The highest BCUT2D eigenvalue weighted by Crippen LogP contribution is 2.28. The van der Waals surface area contributed by atoms with E-state index >= 15 is 0 Å². The second-order valence-corrected chi connectivity index (χ2v) is 10.5. The minimum atomic E-state index is -0.541. The molecule has 0 aromatic heterocycles. The van der Waals surface area contributed by atoms with E-state index in [-0.39, 0.29) is 36.1 Å². The number of carbonyl (C=O) groups is 2. The molecule has 5 nitrogen and oxygen atoms in total. The SMILES string of the molecule is CCC1OC(=O)OC(CCC(C)C=CC=C(C)C2OC(=O)CCCCC(C)C/C=C/C2C)C1C. The smallest absolute Gasteiger partial charge is 0.457 e. The third-order valence-corrected chi connectivity index (χ3v) is 7.27.